The van der Waals surface area contributed by atoms with Crippen molar-refractivity contribution in [2.75, 3.05) is 12.9 Å². The normalized spacial score (nSPS) is 29.2. The Labute approximate surface area is 135 Å². The third-order valence-corrected chi connectivity index (χ3v) is 5.84. The zero-order chi connectivity index (χ0) is 16.7. The number of nitrogens with zero attached hydrogens (tertiary/aromatic N) is 1. The number of carbonyl (C=O) groups excluding carboxylic acids is 3. The molecule has 2 saturated heterocycles. The van der Waals surface area contributed by atoms with Gasteiger partial charge in [-0.3, -0.25) is 9.59 Å². The first-order valence-corrected chi connectivity index (χ1v) is 8.43. The third-order valence-electron chi connectivity index (χ3n) is 4.34. The van der Waals surface area contributed by atoms with Crippen molar-refractivity contribution in [3.8, 4) is 0 Å². The molecule has 2 rings (SSSR count). The average Bonchev–Trinajstić information content (AvgIpc) is 2.91. The van der Waals surface area contributed by atoms with Gasteiger partial charge < -0.3 is 15.0 Å². The van der Waals surface area contributed by atoms with Gasteiger partial charge in [-0.05, 0) is 18.8 Å². The molecule has 0 aliphatic carbocycles. The van der Waals surface area contributed by atoms with Crippen molar-refractivity contribution < 1.29 is 19.1 Å². The van der Waals surface area contributed by atoms with Crippen LogP contribution in [0.4, 0.5) is 0 Å². The lowest BCUT2D eigenvalue weighted by atomic mass is 9.86. The molecule has 7 heteroatoms. The Morgan fingerprint density at radius 2 is 2.09 bits per heavy atom. The van der Waals surface area contributed by atoms with Gasteiger partial charge in [-0.15, -0.1) is 11.8 Å². The summed E-state index contributed by atoms with van der Waals surface area (Å²) in [5.41, 5.74) is -0.465. The van der Waals surface area contributed by atoms with Crippen LogP contribution in [0, 0.1) is 5.41 Å². The number of fused-ring (bicyclic) bond motifs is 1. The van der Waals surface area contributed by atoms with Gasteiger partial charge in [0.25, 0.3) is 0 Å². The monoisotopic (exact) mass is 328 g/mol. The molecule has 0 unspecified atom stereocenters. The first-order valence-electron chi connectivity index (χ1n) is 7.44. The number of ether oxygens (including phenoxy) is 1. The minimum atomic E-state index is -0.737. The van der Waals surface area contributed by atoms with E-state index in [-0.39, 0.29) is 16.7 Å². The van der Waals surface area contributed by atoms with Gasteiger partial charge in [0.2, 0.25) is 11.8 Å². The van der Waals surface area contributed by atoms with E-state index in [0.717, 1.165) is 6.42 Å². The maximum Gasteiger partial charge on any atom is 0.328 e. The van der Waals surface area contributed by atoms with E-state index in [2.05, 4.69) is 5.32 Å². The van der Waals surface area contributed by atoms with Crippen LogP contribution in [0.3, 0.4) is 0 Å². The van der Waals surface area contributed by atoms with E-state index in [9.17, 15) is 14.4 Å². The highest BCUT2D eigenvalue weighted by molar-refractivity contribution is 8.01. The summed E-state index contributed by atoms with van der Waals surface area (Å²) in [7, 11) is 1.31. The zero-order valence-electron chi connectivity index (χ0n) is 13.8. The van der Waals surface area contributed by atoms with Gasteiger partial charge in [0.05, 0.1) is 12.0 Å². The first kappa shape index (κ1) is 17.1. The predicted octanol–water partition coefficient (Wildman–Crippen LogP) is 1.14. The Morgan fingerprint density at radius 3 is 2.64 bits per heavy atom. The fourth-order valence-electron chi connectivity index (χ4n) is 3.00. The van der Waals surface area contributed by atoms with Crippen LogP contribution in [-0.2, 0) is 19.1 Å². The maximum atomic E-state index is 12.6. The smallest absolute Gasteiger partial charge is 0.328 e. The minimum absolute atomic E-state index is 0.0121. The average molecular weight is 328 g/mol. The highest BCUT2D eigenvalue weighted by atomic mass is 32.2. The number of esters is 1. The molecule has 0 aromatic carbocycles. The number of methoxy groups -OCH3 is 1. The number of carbonyl (C=O) groups is 3. The Kier molecular flexibility index (Phi) is 4.48. The van der Waals surface area contributed by atoms with Crippen molar-refractivity contribution in [1.29, 1.82) is 0 Å². The molecule has 2 amide bonds. The third kappa shape index (κ3) is 2.95. The number of amides is 2. The summed E-state index contributed by atoms with van der Waals surface area (Å²) in [6.45, 7) is 7.59. The van der Waals surface area contributed by atoms with Crippen molar-refractivity contribution >= 4 is 29.5 Å². The van der Waals surface area contributed by atoms with Crippen molar-refractivity contribution in [1.82, 2.24) is 10.2 Å². The van der Waals surface area contributed by atoms with Crippen LogP contribution in [0.2, 0.25) is 0 Å². The van der Waals surface area contributed by atoms with Crippen LogP contribution < -0.4 is 5.32 Å². The molecule has 0 radical (unpaired) electrons. The number of thioether (sulfide) groups is 1. The lowest BCUT2D eigenvalue weighted by molar-refractivity contribution is -0.149. The van der Waals surface area contributed by atoms with Gasteiger partial charge in [0.15, 0.2) is 0 Å². The standard InChI is InChI=1S/C15H24N2O4S/c1-14(2,3)11(13(20)21-5)16-12(19)9-8-22-15(4)7-6-10(18)17(9)15/h9,11H,6-8H2,1-5H3,(H,16,19)/t9-,11+,15+/m1/s1. The maximum absolute atomic E-state index is 12.6. The van der Waals surface area contributed by atoms with Crippen molar-refractivity contribution in [2.45, 2.75) is 57.5 Å². The molecule has 0 spiro atoms. The molecule has 2 aliphatic rings. The molecular weight excluding hydrogens is 304 g/mol. The Bertz CT molecular complexity index is 502. The van der Waals surface area contributed by atoms with Gasteiger partial charge in [-0.25, -0.2) is 4.79 Å². The Balaban J connectivity index is 2.15. The van der Waals surface area contributed by atoms with Crippen molar-refractivity contribution in [2.24, 2.45) is 5.41 Å². The largest absolute Gasteiger partial charge is 0.467 e. The van der Waals surface area contributed by atoms with Gasteiger partial charge in [-0.2, -0.15) is 0 Å². The SMILES string of the molecule is COC(=O)[C@H](NC(=O)[C@H]1CS[C@@]2(C)CCC(=O)N12)C(C)(C)C. The molecule has 6 nitrogen and oxygen atoms in total. The van der Waals surface area contributed by atoms with E-state index in [4.69, 9.17) is 4.74 Å². The highest BCUT2D eigenvalue weighted by Crippen LogP contribution is 2.47. The summed E-state index contributed by atoms with van der Waals surface area (Å²) < 4.78 is 4.79. The zero-order valence-corrected chi connectivity index (χ0v) is 14.6. The van der Waals surface area contributed by atoms with E-state index in [1.54, 1.807) is 16.7 Å². The fourth-order valence-corrected chi connectivity index (χ4v) is 4.43. The summed E-state index contributed by atoms with van der Waals surface area (Å²) in [6, 6.07) is -1.25. The second kappa shape index (κ2) is 5.76. The van der Waals surface area contributed by atoms with Gasteiger partial charge in [0.1, 0.15) is 12.1 Å². The number of rotatable bonds is 3. The lowest BCUT2D eigenvalue weighted by Gasteiger charge is -2.33. The van der Waals surface area contributed by atoms with Crippen LogP contribution >= 0.6 is 11.8 Å². The Hall–Kier alpha value is -1.24. The van der Waals surface area contributed by atoms with Crippen LogP contribution in [0.1, 0.15) is 40.5 Å². The molecule has 0 aromatic rings. The molecule has 124 valence electrons. The van der Waals surface area contributed by atoms with Crippen LogP contribution in [0.15, 0.2) is 0 Å². The van der Waals surface area contributed by atoms with Crippen LogP contribution in [0.25, 0.3) is 0 Å². The fraction of sp³-hybridized carbons (Fsp3) is 0.800. The number of hydrogen-bond donors (Lipinski definition) is 1. The molecular formula is C15H24N2O4S. The minimum Gasteiger partial charge on any atom is -0.467 e. The molecule has 0 saturated carbocycles. The van der Waals surface area contributed by atoms with E-state index >= 15 is 0 Å². The molecule has 22 heavy (non-hydrogen) atoms. The molecule has 3 atom stereocenters. The Morgan fingerprint density at radius 1 is 1.45 bits per heavy atom. The topological polar surface area (TPSA) is 75.7 Å². The number of hydrogen-bond acceptors (Lipinski definition) is 5. The number of nitrogens with one attached hydrogen (secondary N) is 1. The second-order valence-corrected chi connectivity index (χ2v) is 8.60. The summed E-state index contributed by atoms with van der Waals surface area (Å²) in [5, 5.41) is 2.78. The lowest BCUT2D eigenvalue weighted by Crippen LogP contribution is -2.56. The van der Waals surface area contributed by atoms with Crippen molar-refractivity contribution in [3.05, 3.63) is 0 Å². The molecule has 0 aromatic heterocycles. The summed E-state index contributed by atoms with van der Waals surface area (Å²) in [5.74, 6) is -0.177. The molecule has 1 N–H and O–H groups in total. The predicted molar refractivity (Wildman–Crippen MR) is 84.1 cm³/mol. The van der Waals surface area contributed by atoms with E-state index < -0.39 is 23.5 Å². The summed E-state index contributed by atoms with van der Waals surface area (Å²) in [4.78, 5) is 38.1. The van der Waals surface area contributed by atoms with Crippen LogP contribution in [-0.4, -0.2) is 52.5 Å². The second-order valence-electron chi connectivity index (χ2n) is 7.10. The van der Waals surface area contributed by atoms with Gasteiger partial charge >= 0.3 is 5.97 Å². The van der Waals surface area contributed by atoms with E-state index in [1.807, 2.05) is 27.7 Å². The summed E-state index contributed by atoms with van der Waals surface area (Å²) in [6.07, 6.45) is 1.24. The van der Waals surface area contributed by atoms with Gasteiger partial charge in [0, 0.05) is 12.2 Å². The summed E-state index contributed by atoms with van der Waals surface area (Å²) >= 11 is 1.63. The molecule has 2 aliphatic heterocycles. The van der Waals surface area contributed by atoms with Crippen molar-refractivity contribution in [3.63, 3.8) is 0 Å². The molecule has 0 bridgehead atoms. The van der Waals surface area contributed by atoms with Crippen LogP contribution in [0.5, 0.6) is 0 Å². The van der Waals surface area contributed by atoms with E-state index in [1.165, 1.54) is 7.11 Å². The van der Waals surface area contributed by atoms with E-state index in [0.29, 0.717) is 12.2 Å². The molecule has 2 heterocycles. The first-order chi connectivity index (χ1) is 10.1. The quantitative estimate of drug-likeness (QED) is 0.787. The van der Waals surface area contributed by atoms with Gasteiger partial charge in [-0.1, -0.05) is 20.8 Å². The highest BCUT2D eigenvalue weighted by Gasteiger charge is 2.53. The molecule has 2 fully saturated rings.